The van der Waals surface area contributed by atoms with E-state index in [0.29, 0.717) is 4.88 Å². The smallest absolute Gasteiger partial charge is 0.348 e. The van der Waals surface area contributed by atoms with Gasteiger partial charge in [-0.3, -0.25) is 0 Å². The molecule has 14 heavy (non-hydrogen) atoms. The number of methoxy groups -OCH3 is 1. The van der Waals surface area contributed by atoms with Crippen LogP contribution in [0.2, 0.25) is 0 Å². The molecule has 74 valence electrons. The second-order valence-corrected chi connectivity index (χ2v) is 3.84. The van der Waals surface area contributed by atoms with E-state index in [-0.39, 0.29) is 12.1 Å². The fourth-order valence-corrected chi connectivity index (χ4v) is 2.28. The third-order valence-corrected chi connectivity index (χ3v) is 3.01. The van der Waals surface area contributed by atoms with Gasteiger partial charge >= 0.3 is 5.97 Å². The minimum absolute atomic E-state index is 0.0182. The molecule has 0 radical (unpaired) electrons. The van der Waals surface area contributed by atoms with Crippen LogP contribution in [0.1, 0.15) is 27.8 Å². The molecule has 0 amide bonds. The molecular weight excluding hydrogens is 200 g/mol. The highest BCUT2D eigenvalue weighted by molar-refractivity contribution is 7.12. The molecule has 1 aliphatic heterocycles. The van der Waals surface area contributed by atoms with Crippen molar-refractivity contribution in [1.82, 2.24) is 0 Å². The number of carbonyl (C=O) groups excluding carboxylic acids is 1. The first-order chi connectivity index (χ1) is 6.83. The number of ether oxygens (including phenoxy) is 2. The lowest BCUT2D eigenvalue weighted by atomic mass is 10.1. The first kappa shape index (κ1) is 9.27. The normalized spacial score (nSPS) is 19.4. The summed E-state index contributed by atoms with van der Waals surface area (Å²) < 4.78 is 10.0. The summed E-state index contributed by atoms with van der Waals surface area (Å²) >= 11 is 1.39. The Morgan fingerprint density at radius 1 is 1.71 bits per heavy atom. The Morgan fingerprint density at radius 3 is 3.21 bits per heavy atom. The third kappa shape index (κ3) is 1.53. The molecule has 0 N–H and O–H groups in total. The van der Waals surface area contributed by atoms with E-state index in [2.05, 4.69) is 0 Å². The first-order valence-corrected chi connectivity index (χ1v) is 5.17. The molecule has 0 bridgehead atoms. The lowest BCUT2D eigenvalue weighted by Gasteiger charge is -2.09. The van der Waals surface area contributed by atoms with Crippen LogP contribution < -0.4 is 0 Å². The summed E-state index contributed by atoms with van der Waals surface area (Å²) in [5.74, 6) is -0.287. The Kier molecular flexibility index (Phi) is 2.54. The van der Waals surface area contributed by atoms with Crippen molar-refractivity contribution >= 4 is 17.3 Å². The van der Waals surface area contributed by atoms with Crippen molar-refractivity contribution in [1.29, 1.82) is 0 Å². The summed E-state index contributed by atoms with van der Waals surface area (Å²) in [4.78, 5) is 12.0. The Morgan fingerprint density at radius 2 is 2.57 bits per heavy atom. The highest BCUT2D eigenvalue weighted by atomic mass is 32.1. The van der Waals surface area contributed by atoms with Gasteiger partial charge < -0.3 is 9.47 Å². The van der Waals surface area contributed by atoms with Gasteiger partial charge in [-0.05, 0) is 17.5 Å². The standard InChI is InChI=1S/C10H10O3S/c1-12-10(11)9-7(4-6-14-9)8-3-2-5-13-8/h2,4-6,8H,3H2,1H3. The topological polar surface area (TPSA) is 35.5 Å². The highest BCUT2D eigenvalue weighted by Crippen LogP contribution is 2.32. The van der Waals surface area contributed by atoms with E-state index in [0.717, 1.165) is 12.0 Å². The molecule has 0 saturated heterocycles. The molecule has 1 aliphatic rings. The third-order valence-electron chi connectivity index (χ3n) is 2.10. The minimum atomic E-state index is -0.287. The van der Waals surface area contributed by atoms with Crippen LogP contribution in [0, 0.1) is 0 Å². The van der Waals surface area contributed by atoms with Crippen molar-refractivity contribution in [3.63, 3.8) is 0 Å². The maximum atomic E-state index is 11.4. The summed E-state index contributed by atoms with van der Waals surface area (Å²) in [5.41, 5.74) is 0.923. The summed E-state index contributed by atoms with van der Waals surface area (Å²) in [7, 11) is 1.39. The van der Waals surface area contributed by atoms with Crippen LogP contribution in [-0.4, -0.2) is 13.1 Å². The van der Waals surface area contributed by atoms with Gasteiger partial charge in [-0.1, -0.05) is 0 Å². The minimum Gasteiger partial charge on any atom is -0.493 e. The van der Waals surface area contributed by atoms with Crippen LogP contribution in [0.4, 0.5) is 0 Å². The first-order valence-electron chi connectivity index (χ1n) is 4.29. The number of esters is 1. The summed E-state index contributed by atoms with van der Waals surface area (Å²) in [6.07, 6.45) is 4.42. The summed E-state index contributed by atoms with van der Waals surface area (Å²) in [6, 6.07) is 1.91. The van der Waals surface area contributed by atoms with Gasteiger partial charge in [0.15, 0.2) is 0 Å². The monoisotopic (exact) mass is 210 g/mol. The Hall–Kier alpha value is -1.29. The van der Waals surface area contributed by atoms with Gasteiger partial charge in [0, 0.05) is 12.0 Å². The second-order valence-electron chi connectivity index (χ2n) is 2.93. The van der Waals surface area contributed by atoms with Gasteiger partial charge in [0.2, 0.25) is 0 Å². The van der Waals surface area contributed by atoms with Crippen LogP contribution in [0.25, 0.3) is 0 Å². The maximum Gasteiger partial charge on any atom is 0.348 e. The molecule has 1 atom stereocenters. The molecule has 1 unspecified atom stereocenters. The van der Waals surface area contributed by atoms with Gasteiger partial charge in [0.25, 0.3) is 0 Å². The number of rotatable bonds is 2. The Labute approximate surface area is 86.0 Å². The van der Waals surface area contributed by atoms with Gasteiger partial charge in [0.05, 0.1) is 13.4 Å². The molecule has 0 aromatic carbocycles. The van der Waals surface area contributed by atoms with E-state index in [1.807, 2.05) is 17.5 Å². The van der Waals surface area contributed by atoms with Crippen molar-refractivity contribution in [2.24, 2.45) is 0 Å². The van der Waals surface area contributed by atoms with Crippen LogP contribution in [0.15, 0.2) is 23.8 Å². The lowest BCUT2D eigenvalue weighted by Crippen LogP contribution is -2.05. The molecular formula is C10H10O3S. The molecule has 1 aromatic rings. The predicted octanol–water partition coefficient (Wildman–Crippen LogP) is 2.51. The molecule has 0 aliphatic carbocycles. The molecule has 0 saturated carbocycles. The molecule has 4 heteroatoms. The van der Waals surface area contributed by atoms with Crippen molar-refractivity contribution < 1.29 is 14.3 Å². The Balaban J connectivity index is 2.25. The second kappa shape index (κ2) is 3.84. The van der Waals surface area contributed by atoms with Gasteiger partial charge in [0.1, 0.15) is 11.0 Å². The number of hydrogen-bond acceptors (Lipinski definition) is 4. The lowest BCUT2D eigenvalue weighted by molar-refractivity contribution is 0.0600. The van der Waals surface area contributed by atoms with Crippen molar-refractivity contribution in [3.05, 3.63) is 34.2 Å². The fraction of sp³-hybridized carbons (Fsp3) is 0.300. The zero-order valence-corrected chi connectivity index (χ0v) is 8.54. The molecule has 3 nitrogen and oxygen atoms in total. The van der Waals surface area contributed by atoms with E-state index in [9.17, 15) is 4.79 Å². The van der Waals surface area contributed by atoms with E-state index in [1.54, 1.807) is 6.26 Å². The van der Waals surface area contributed by atoms with Crippen molar-refractivity contribution in [2.45, 2.75) is 12.5 Å². The van der Waals surface area contributed by atoms with Crippen LogP contribution in [0.3, 0.4) is 0 Å². The Bertz CT molecular complexity index is 359. The van der Waals surface area contributed by atoms with Crippen LogP contribution in [-0.2, 0) is 9.47 Å². The quantitative estimate of drug-likeness (QED) is 0.703. The fourth-order valence-electron chi connectivity index (χ4n) is 1.42. The average Bonchev–Trinajstić information content (AvgIpc) is 2.85. The number of hydrogen-bond donors (Lipinski definition) is 0. The zero-order valence-electron chi connectivity index (χ0n) is 7.73. The van der Waals surface area contributed by atoms with Crippen LogP contribution >= 0.6 is 11.3 Å². The molecule has 0 fully saturated rings. The average molecular weight is 210 g/mol. The largest absolute Gasteiger partial charge is 0.493 e. The summed E-state index contributed by atoms with van der Waals surface area (Å²) in [5, 5.41) is 1.88. The van der Waals surface area contributed by atoms with Gasteiger partial charge in [-0.15, -0.1) is 11.3 Å². The predicted molar refractivity (Wildman–Crippen MR) is 53.2 cm³/mol. The summed E-state index contributed by atoms with van der Waals surface area (Å²) in [6.45, 7) is 0. The van der Waals surface area contributed by atoms with Gasteiger partial charge in [-0.2, -0.15) is 0 Å². The SMILES string of the molecule is COC(=O)c1sccc1C1CC=CO1. The zero-order chi connectivity index (χ0) is 9.97. The number of thiophene rings is 1. The molecule has 1 aromatic heterocycles. The molecule has 0 spiro atoms. The maximum absolute atomic E-state index is 11.4. The van der Waals surface area contributed by atoms with E-state index in [1.165, 1.54) is 18.4 Å². The van der Waals surface area contributed by atoms with E-state index < -0.39 is 0 Å². The molecule has 2 rings (SSSR count). The van der Waals surface area contributed by atoms with Gasteiger partial charge in [-0.25, -0.2) is 4.79 Å². The van der Waals surface area contributed by atoms with Crippen molar-refractivity contribution in [2.75, 3.05) is 7.11 Å². The van der Waals surface area contributed by atoms with Crippen LogP contribution in [0.5, 0.6) is 0 Å². The van der Waals surface area contributed by atoms with E-state index in [4.69, 9.17) is 9.47 Å². The number of carbonyl (C=O) groups is 1. The van der Waals surface area contributed by atoms with Crippen molar-refractivity contribution in [3.8, 4) is 0 Å². The van der Waals surface area contributed by atoms with E-state index >= 15 is 0 Å². The highest BCUT2D eigenvalue weighted by Gasteiger charge is 2.22. The molecule has 2 heterocycles.